The molecule has 66 valence electrons. The van der Waals surface area contributed by atoms with E-state index in [9.17, 15) is 0 Å². The molecule has 0 spiro atoms. The maximum absolute atomic E-state index is 6.14. The lowest BCUT2D eigenvalue weighted by Gasteiger charge is -2.48. The summed E-state index contributed by atoms with van der Waals surface area (Å²) < 4.78 is 0. The van der Waals surface area contributed by atoms with Crippen LogP contribution in [0.25, 0.3) is 0 Å². The van der Waals surface area contributed by atoms with Crippen LogP contribution >= 0.6 is 0 Å². The highest BCUT2D eigenvalue weighted by molar-refractivity contribution is 6.40. The lowest BCUT2D eigenvalue weighted by molar-refractivity contribution is 0.207. The van der Waals surface area contributed by atoms with Gasteiger partial charge in [-0.1, -0.05) is 58.6 Å². The molecule has 0 amide bonds. The van der Waals surface area contributed by atoms with E-state index < -0.39 is 5.21 Å². The van der Waals surface area contributed by atoms with E-state index in [2.05, 4.69) is 34.6 Å². The van der Waals surface area contributed by atoms with Crippen molar-refractivity contribution >= 4 is 15.7 Å². The molecular weight excluding hydrogens is 142 g/mol. The third-order valence-corrected chi connectivity index (χ3v) is 3.56. The first kappa shape index (κ1) is 12.1. The summed E-state index contributed by atoms with van der Waals surface area (Å²) in [4.78, 5) is 0. The van der Waals surface area contributed by atoms with Crippen LogP contribution in [0.4, 0.5) is 0 Å². The Bertz CT molecular complexity index is 132. The normalized spacial score (nSPS) is 13.8. The standard InChI is InChI=1S/C10H20B2/c1-6-9(5,7-2)10(11,12)8(3)4/h8H,6-7H2,1-5H3. The van der Waals surface area contributed by atoms with Gasteiger partial charge in [0.25, 0.3) is 0 Å². The minimum Gasteiger partial charge on any atom is -0.0916 e. The summed E-state index contributed by atoms with van der Waals surface area (Å²) in [6, 6.07) is 0. The summed E-state index contributed by atoms with van der Waals surface area (Å²) in [5.41, 5.74) is 0.0567. The first-order chi connectivity index (χ1) is 5.31. The molecule has 0 nitrogen and oxygen atoms in total. The molecule has 0 bridgehead atoms. The second-order valence-electron chi connectivity index (χ2n) is 4.36. The van der Waals surface area contributed by atoms with Crippen LogP contribution in [-0.4, -0.2) is 15.7 Å². The minimum absolute atomic E-state index is 0.0567. The van der Waals surface area contributed by atoms with Crippen molar-refractivity contribution in [1.82, 2.24) is 0 Å². The molecule has 2 heteroatoms. The van der Waals surface area contributed by atoms with Crippen molar-refractivity contribution in [3.63, 3.8) is 0 Å². The molecule has 0 rings (SSSR count). The van der Waals surface area contributed by atoms with Crippen LogP contribution < -0.4 is 0 Å². The van der Waals surface area contributed by atoms with Crippen molar-refractivity contribution in [3.8, 4) is 0 Å². The van der Waals surface area contributed by atoms with Crippen molar-refractivity contribution in [1.29, 1.82) is 0 Å². The molecule has 0 aliphatic heterocycles. The van der Waals surface area contributed by atoms with E-state index >= 15 is 0 Å². The Kier molecular flexibility index (Phi) is 3.93. The Balaban J connectivity index is 4.70. The smallest absolute Gasteiger partial charge is 0.0631 e. The SMILES string of the molecule is [B]C([B])(C(C)C)C(C)(CC)CC. The third kappa shape index (κ3) is 1.89. The molecule has 0 fully saturated rings. The Morgan fingerprint density at radius 3 is 1.50 bits per heavy atom. The molecule has 0 aliphatic carbocycles. The van der Waals surface area contributed by atoms with Gasteiger partial charge in [0.2, 0.25) is 0 Å². The van der Waals surface area contributed by atoms with E-state index in [0.717, 1.165) is 12.8 Å². The highest BCUT2D eigenvalue weighted by Gasteiger charge is 2.38. The maximum Gasteiger partial charge on any atom is 0.0631 e. The summed E-state index contributed by atoms with van der Waals surface area (Å²) in [5.74, 6) is 0.322. The number of hydrogen-bond donors (Lipinski definition) is 0. The minimum atomic E-state index is -0.545. The molecule has 0 aromatic rings. The van der Waals surface area contributed by atoms with Gasteiger partial charge in [-0.05, 0) is 5.41 Å². The lowest BCUT2D eigenvalue weighted by Crippen LogP contribution is -2.38. The highest BCUT2D eigenvalue weighted by Crippen LogP contribution is 2.50. The van der Waals surface area contributed by atoms with E-state index in [1.54, 1.807) is 0 Å². The summed E-state index contributed by atoms with van der Waals surface area (Å²) in [6.07, 6.45) is 2.07. The van der Waals surface area contributed by atoms with E-state index in [0.29, 0.717) is 5.92 Å². The van der Waals surface area contributed by atoms with Crippen LogP contribution in [0.2, 0.25) is 5.21 Å². The van der Waals surface area contributed by atoms with Gasteiger partial charge in [0.05, 0.1) is 15.7 Å². The van der Waals surface area contributed by atoms with Gasteiger partial charge in [-0.25, -0.2) is 0 Å². The molecule has 0 atom stereocenters. The molecule has 0 aliphatic rings. The van der Waals surface area contributed by atoms with Crippen molar-refractivity contribution in [3.05, 3.63) is 0 Å². The van der Waals surface area contributed by atoms with Crippen molar-refractivity contribution in [2.24, 2.45) is 11.3 Å². The molecule has 12 heavy (non-hydrogen) atoms. The van der Waals surface area contributed by atoms with Crippen LogP contribution in [0, 0.1) is 11.3 Å². The predicted molar refractivity (Wildman–Crippen MR) is 57.7 cm³/mol. The molecule has 0 saturated heterocycles. The lowest BCUT2D eigenvalue weighted by atomic mass is 9.37. The summed E-state index contributed by atoms with van der Waals surface area (Å²) in [6.45, 7) is 10.7. The van der Waals surface area contributed by atoms with E-state index in [1.807, 2.05) is 0 Å². The Hall–Kier alpha value is 0.130. The van der Waals surface area contributed by atoms with Crippen LogP contribution in [0.3, 0.4) is 0 Å². The molecule has 0 N–H and O–H groups in total. The van der Waals surface area contributed by atoms with Gasteiger partial charge in [-0.3, -0.25) is 0 Å². The van der Waals surface area contributed by atoms with Gasteiger partial charge in [0.1, 0.15) is 0 Å². The van der Waals surface area contributed by atoms with Gasteiger partial charge < -0.3 is 0 Å². The van der Waals surface area contributed by atoms with Crippen molar-refractivity contribution < 1.29 is 0 Å². The second kappa shape index (κ2) is 3.89. The first-order valence-corrected chi connectivity index (χ1v) is 4.89. The van der Waals surface area contributed by atoms with Crippen LogP contribution in [0.5, 0.6) is 0 Å². The quantitative estimate of drug-likeness (QED) is 0.557. The summed E-state index contributed by atoms with van der Waals surface area (Å²) in [5, 5.41) is -0.545. The van der Waals surface area contributed by atoms with Gasteiger partial charge in [0.15, 0.2) is 0 Å². The molecule has 0 saturated carbocycles. The largest absolute Gasteiger partial charge is 0.0916 e. The highest BCUT2D eigenvalue weighted by atomic mass is 14.4. The zero-order valence-corrected chi connectivity index (χ0v) is 9.15. The van der Waals surface area contributed by atoms with Gasteiger partial charge >= 0.3 is 0 Å². The fraction of sp³-hybridized carbons (Fsp3) is 1.00. The topological polar surface area (TPSA) is 0 Å². The molecular formula is C10H20B2. The Morgan fingerprint density at radius 2 is 1.42 bits per heavy atom. The number of hydrogen-bond acceptors (Lipinski definition) is 0. The fourth-order valence-electron chi connectivity index (χ4n) is 1.56. The van der Waals surface area contributed by atoms with Gasteiger partial charge in [0, 0.05) is 0 Å². The van der Waals surface area contributed by atoms with E-state index in [-0.39, 0.29) is 5.41 Å². The molecule has 4 radical (unpaired) electrons. The molecule has 0 aromatic heterocycles. The fourth-order valence-corrected chi connectivity index (χ4v) is 1.56. The average Bonchev–Trinajstić information content (AvgIpc) is 2.02. The Labute approximate surface area is 80.3 Å². The van der Waals surface area contributed by atoms with Crippen LogP contribution in [0.1, 0.15) is 47.5 Å². The second-order valence-corrected chi connectivity index (χ2v) is 4.36. The van der Waals surface area contributed by atoms with Crippen molar-refractivity contribution in [2.45, 2.75) is 52.7 Å². The average molecular weight is 162 g/mol. The van der Waals surface area contributed by atoms with E-state index in [4.69, 9.17) is 15.7 Å². The van der Waals surface area contributed by atoms with E-state index in [1.165, 1.54) is 0 Å². The van der Waals surface area contributed by atoms with Crippen LogP contribution in [0.15, 0.2) is 0 Å². The first-order valence-electron chi connectivity index (χ1n) is 4.89. The number of rotatable bonds is 4. The summed E-state index contributed by atoms with van der Waals surface area (Å²) in [7, 11) is 12.3. The van der Waals surface area contributed by atoms with Gasteiger partial charge in [-0.2, -0.15) is 0 Å². The zero-order chi connectivity index (χ0) is 9.99. The predicted octanol–water partition coefficient (Wildman–Crippen LogP) is 2.92. The summed E-state index contributed by atoms with van der Waals surface area (Å²) >= 11 is 0. The Morgan fingerprint density at radius 1 is 1.08 bits per heavy atom. The zero-order valence-electron chi connectivity index (χ0n) is 9.15. The third-order valence-electron chi connectivity index (χ3n) is 3.56. The molecule has 0 unspecified atom stereocenters. The van der Waals surface area contributed by atoms with Crippen LogP contribution in [-0.2, 0) is 0 Å². The van der Waals surface area contributed by atoms with Gasteiger partial charge in [-0.15, -0.1) is 0 Å². The molecule has 0 heterocycles. The monoisotopic (exact) mass is 162 g/mol. The maximum atomic E-state index is 6.14. The molecule has 0 aromatic carbocycles. The van der Waals surface area contributed by atoms with Crippen molar-refractivity contribution in [2.75, 3.05) is 0 Å².